The lowest BCUT2D eigenvalue weighted by molar-refractivity contribution is 0.0972. The van der Waals surface area contributed by atoms with Crippen LogP contribution in [-0.2, 0) is 19.3 Å². The van der Waals surface area contributed by atoms with Gasteiger partial charge in [0.25, 0.3) is 0 Å². The van der Waals surface area contributed by atoms with Gasteiger partial charge in [-0.1, -0.05) is 30.3 Å². The second-order valence-corrected chi connectivity index (χ2v) is 7.03. The van der Waals surface area contributed by atoms with Crippen LogP contribution in [0.1, 0.15) is 39.9 Å². The Bertz CT molecular complexity index is 990. The number of benzene rings is 2. The minimum atomic E-state index is 0.241. The van der Waals surface area contributed by atoms with Gasteiger partial charge >= 0.3 is 0 Å². The molecule has 28 heavy (non-hydrogen) atoms. The first-order valence-corrected chi connectivity index (χ1v) is 9.77. The minimum Gasteiger partial charge on any atom is -0.493 e. The smallest absolute Gasteiger partial charge is 0.163 e. The SMILES string of the molecule is C=CCc1c(OCCc2ccccc2-c2ncc[nH]2)ccc2c1CCCC2=O. The van der Waals surface area contributed by atoms with Gasteiger partial charge in [-0.15, -0.1) is 6.58 Å². The molecule has 142 valence electrons. The first-order chi connectivity index (χ1) is 13.8. The molecule has 0 fully saturated rings. The number of nitrogens with one attached hydrogen (secondary N) is 1. The average Bonchev–Trinajstić information content (AvgIpc) is 3.25. The van der Waals surface area contributed by atoms with Gasteiger partial charge in [-0.05, 0) is 42.5 Å². The summed E-state index contributed by atoms with van der Waals surface area (Å²) in [4.78, 5) is 19.8. The highest BCUT2D eigenvalue weighted by molar-refractivity contribution is 5.99. The highest BCUT2D eigenvalue weighted by atomic mass is 16.5. The predicted octanol–water partition coefficient (Wildman–Crippen LogP) is 4.95. The molecule has 1 N–H and O–H groups in total. The number of nitrogens with zero attached hydrogens (tertiary/aromatic N) is 1. The Balaban J connectivity index is 1.53. The second kappa shape index (κ2) is 8.26. The fourth-order valence-electron chi connectivity index (χ4n) is 3.93. The van der Waals surface area contributed by atoms with E-state index >= 15 is 0 Å². The van der Waals surface area contributed by atoms with E-state index in [0.29, 0.717) is 13.0 Å². The van der Waals surface area contributed by atoms with Crippen LogP contribution in [0.25, 0.3) is 11.4 Å². The van der Waals surface area contributed by atoms with Crippen molar-refractivity contribution in [2.24, 2.45) is 0 Å². The van der Waals surface area contributed by atoms with Crippen LogP contribution in [0.3, 0.4) is 0 Å². The standard InChI is InChI=1S/C24H24N2O2/c1-2-6-21-19-9-5-10-22(27)20(19)11-12-23(21)28-16-13-17-7-3-4-8-18(17)24-25-14-15-26-24/h2-4,7-8,11-12,14-15H,1,5-6,9-10,13,16H2,(H,25,26). The summed E-state index contributed by atoms with van der Waals surface area (Å²) in [7, 11) is 0. The van der Waals surface area contributed by atoms with Crippen LogP contribution in [0.15, 0.2) is 61.4 Å². The number of carbonyl (C=O) groups is 1. The lowest BCUT2D eigenvalue weighted by Gasteiger charge is -2.21. The molecular formula is C24H24N2O2. The molecule has 4 nitrogen and oxygen atoms in total. The van der Waals surface area contributed by atoms with Gasteiger partial charge in [-0.2, -0.15) is 0 Å². The van der Waals surface area contributed by atoms with E-state index in [1.165, 1.54) is 5.56 Å². The van der Waals surface area contributed by atoms with Gasteiger partial charge in [0.15, 0.2) is 5.78 Å². The fourth-order valence-corrected chi connectivity index (χ4v) is 3.93. The maximum atomic E-state index is 12.2. The molecule has 0 amide bonds. The summed E-state index contributed by atoms with van der Waals surface area (Å²) in [6.45, 7) is 4.45. The summed E-state index contributed by atoms with van der Waals surface area (Å²) in [5, 5.41) is 0. The minimum absolute atomic E-state index is 0.241. The number of hydrogen-bond donors (Lipinski definition) is 1. The van der Waals surface area contributed by atoms with Crippen molar-refractivity contribution >= 4 is 5.78 Å². The first-order valence-electron chi connectivity index (χ1n) is 9.77. The Kier molecular flexibility index (Phi) is 5.38. The molecule has 4 heteroatoms. The van der Waals surface area contributed by atoms with Gasteiger partial charge in [-0.25, -0.2) is 4.98 Å². The highest BCUT2D eigenvalue weighted by Gasteiger charge is 2.22. The van der Waals surface area contributed by atoms with Crippen LogP contribution in [-0.4, -0.2) is 22.4 Å². The zero-order valence-electron chi connectivity index (χ0n) is 15.9. The maximum absolute atomic E-state index is 12.2. The van der Waals surface area contributed by atoms with Crippen molar-refractivity contribution in [3.05, 3.63) is 83.7 Å². The molecule has 0 radical (unpaired) electrons. The quantitative estimate of drug-likeness (QED) is 0.597. The first kappa shape index (κ1) is 18.2. The van der Waals surface area contributed by atoms with E-state index in [9.17, 15) is 4.79 Å². The predicted molar refractivity (Wildman–Crippen MR) is 111 cm³/mol. The number of ketones is 1. The Morgan fingerprint density at radius 2 is 2.04 bits per heavy atom. The molecule has 4 rings (SSSR count). The fraction of sp³-hybridized carbons (Fsp3) is 0.250. The van der Waals surface area contributed by atoms with Gasteiger partial charge in [0, 0.05) is 41.9 Å². The van der Waals surface area contributed by atoms with Gasteiger partial charge < -0.3 is 9.72 Å². The van der Waals surface area contributed by atoms with Crippen LogP contribution in [0.2, 0.25) is 0 Å². The third kappa shape index (κ3) is 3.63. The summed E-state index contributed by atoms with van der Waals surface area (Å²) in [6, 6.07) is 12.1. The van der Waals surface area contributed by atoms with E-state index in [0.717, 1.165) is 59.5 Å². The summed E-state index contributed by atoms with van der Waals surface area (Å²) in [5.74, 6) is 1.98. The van der Waals surface area contributed by atoms with E-state index in [1.54, 1.807) is 6.20 Å². The number of aromatic nitrogens is 2. The maximum Gasteiger partial charge on any atom is 0.163 e. The molecule has 1 aromatic heterocycles. The normalized spacial score (nSPS) is 13.2. The number of imidazole rings is 1. The largest absolute Gasteiger partial charge is 0.493 e. The van der Waals surface area contributed by atoms with E-state index in [-0.39, 0.29) is 5.78 Å². The van der Waals surface area contributed by atoms with Crippen LogP contribution in [0.4, 0.5) is 0 Å². The van der Waals surface area contributed by atoms with E-state index in [1.807, 2.05) is 36.5 Å². The summed E-state index contributed by atoms with van der Waals surface area (Å²) in [5.41, 5.74) is 5.40. The molecule has 0 saturated heterocycles. The molecule has 1 aliphatic carbocycles. The molecule has 2 aromatic carbocycles. The van der Waals surface area contributed by atoms with E-state index in [2.05, 4.69) is 28.7 Å². The number of ether oxygens (including phenoxy) is 1. The van der Waals surface area contributed by atoms with Crippen molar-refractivity contribution in [3.63, 3.8) is 0 Å². The van der Waals surface area contributed by atoms with Crippen LogP contribution in [0.5, 0.6) is 5.75 Å². The van der Waals surface area contributed by atoms with E-state index < -0.39 is 0 Å². The summed E-state index contributed by atoms with van der Waals surface area (Å²) >= 11 is 0. The molecule has 0 atom stereocenters. The Labute approximate surface area is 165 Å². The van der Waals surface area contributed by atoms with Gasteiger partial charge in [-0.3, -0.25) is 4.79 Å². The average molecular weight is 372 g/mol. The zero-order valence-corrected chi connectivity index (χ0v) is 15.9. The molecule has 0 bridgehead atoms. The monoisotopic (exact) mass is 372 g/mol. The number of allylic oxidation sites excluding steroid dienone is 1. The van der Waals surface area contributed by atoms with E-state index in [4.69, 9.17) is 4.74 Å². The molecular weight excluding hydrogens is 348 g/mol. The molecule has 1 aliphatic rings. The number of carbonyl (C=O) groups excluding carboxylic acids is 1. The molecule has 0 unspecified atom stereocenters. The van der Waals surface area contributed by atoms with Crippen molar-refractivity contribution in [2.75, 3.05) is 6.61 Å². The second-order valence-electron chi connectivity index (χ2n) is 7.03. The highest BCUT2D eigenvalue weighted by Crippen LogP contribution is 2.32. The molecule has 1 heterocycles. The Morgan fingerprint density at radius 1 is 1.14 bits per heavy atom. The number of hydrogen-bond acceptors (Lipinski definition) is 3. The zero-order chi connectivity index (χ0) is 19.3. The van der Waals surface area contributed by atoms with Crippen molar-refractivity contribution in [2.45, 2.75) is 32.1 Å². The lowest BCUT2D eigenvalue weighted by Crippen LogP contribution is -2.14. The van der Waals surface area contributed by atoms with Crippen molar-refractivity contribution in [1.82, 2.24) is 9.97 Å². The third-order valence-corrected chi connectivity index (χ3v) is 5.27. The van der Waals surface area contributed by atoms with Crippen LogP contribution < -0.4 is 4.74 Å². The Morgan fingerprint density at radius 3 is 2.86 bits per heavy atom. The number of aromatic amines is 1. The van der Waals surface area contributed by atoms with Gasteiger partial charge in [0.2, 0.25) is 0 Å². The van der Waals surface area contributed by atoms with Crippen molar-refractivity contribution in [1.29, 1.82) is 0 Å². The summed E-state index contributed by atoms with van der Waals surface area (Å²) < 4.78 is 6.18. The third-order valence-electron chi connectivity index (χ3n) is 5.27. The molecule has 3 aromatic rings. The van der Waals surface area contributed by atoms with Crippen LogP contribution >= 0.6 is 0 Å². The molecule has 0 aliphatic heterocycles. The van der Waals surface area contributed by atoms with Gasteiger partial charge in [0.05, 0.1) is 6.61 Å². The number of rotatable bonds is 7. The van der Waals surface area contributed by atoms with Crippen molar-refractivity contribution in [3.8, 4) is 17.1 Å². The van der Waals surface area contributed by atoms with Crippen LogP contribution in [0, 0.1) is 0 Å². The molecule has 0 saturated carbocycles. The van der Waals surface area contributed by atoms with Gasteiger partial charge in [0.1, 0.15) is 11.6 Å². The summed E-state index contributed by atoms with van der Waals surface area (Å²) in [6.07, 6.45) is 9.46. The topological polar surface area (TPSA) is 55.0 Å². The van der Waals surface area contributed by atoms with Crippen molar-refractivity contribution < 1.29 is 9.53 Å². The molecule has 0 spiro atoms. The lowest BCUT2D eigenvalue weighted by atomic mass is 9.86. The number of fused-ring (bicyclic) bond motifs is 1. The number of Topliss-reactive ketones (excluding diaryl/α,β-unsaturated/α-hetero) is 1. The Hall–Kier alpha value is -3.14. The number of H-pyrrole nitrogens is 1.